The van der Waals surface area contributed by atoms with Crippen molar-refractivity contribution in [1.82, 2.24) is 0 Å². The Hall–Kier alpha value is -0.920. The van der Waals surface area contributed by atoms with Crippen LogP contribution in [0.25, 0.3) is 0 Å². The van der Waals surface area contributed by atoms with Crippen molar-refractivity contribution in [3.8, 4) is 0 Å². The minimum Gasteiger partial charge on any atom is -0.204 e. The van der Waals surface area contributed by atoms with Crippen LogP contribution in [0.1, 0.15) is 13.8 Å². The normalized spacial score (nSPS) is 5.75. The third-order valence-corrected chi connectivity index (χ3v) is 0.379. The van der Waals surface area contributed by atoms with E-state index in [1.807, 2.05) is 13.8 Å². The second-order valence-corrected chi connectivity index (χ2v) is 0.807. The molecule has 0 rings (SSSR count). The zero-order valence-corrected chi connectivity index (χ0v) is 5.44. The smallest absolute Gasteiger partial charge is 0.0772 e. The van der Waals surface area contributed by atoms with Gasteiger partial charge in [-0.15, -0.1) is 0 Å². The second kappa shape index (κ2) is 9.43. The van der Waals surface area contributed by atoms with Crippen molar-refractivity contribution in [2.24, 2.45) is 5.11 Å². The molecule has 0 atom stereocenters. The molecular formula is C6H12N2. The van der Waals surface area contributed by atoms with Crippen LogP contribution in [0.15, 0.2) is 30.0 Å². The number of hydrogen-bond acceptors (Lipinski definition) is 2. The highest BCUT2D eigenvalue weighted by molar-refractivity contribution is 5.06. The van der Waals surface area contributed by atoms with Crippen molar-refractivity contribution in [1.29, 1.82) is 5.53 Å². The molecule has 0 aromatic heterocycles. The molecular weight excluding hydrogens is 100 g/mol. The van der Waals surface area contributed by atoms with Crippen molar-refractivity contribution in [2.75, 3.05) is 0 Å². The highest BCUT2D eigenvalue weighted by Crippen LogP contribution is 1.87. The fourth-order valence-corrected chi connectivity index (χ4v) is 0.0456. The minimum absolute atomic E-state index is 0.398. The molecule has 0 spiro atoms. The summed E-state index contributed by atoms with van der Waals surface area (Å²) in [6.07, 6.45) is 1.42. The van der Waals surface area contributed by atoms with Gasteiger partial charge in [-0.05, 0) is 6.08 Å². The number of nitrogens with zero attached hydrogens (tertiary/aromatic N) is 1. The molecule has 1 N–H and O–H groups in total. The van der Waals surface area contributed by atoms with E-state index in [1.165, 1.54) is 6.08 Å². The Bertz CT molecular complexity index is 74.5. The molecule has 0 aliphatic rings. The standard InChI is InChI=1S/C4H6N2.C2H6/c1-3-4(2)6-5;1-2/h3,5H,1-2H2;1-2H3. The van der Waals surface area contributed by atoms with Crippen LogP contribution >= 0.6 is 0 Å². The molecule has 0 aliphatic carbocycles. The first-order chi connectivity index (χ1) is 3.81. The summed E-state index contributed by atoms with van der Waals surface area (Å²) in [7, 11) is 0. The lowest BCUT2D eigenvalue weighted by Gasteiger charge is -1.74. The zero-order valence-electron chi connectivity index (χ0n) is 5.44. The SMILES string of the molecule is C=CC(=C)N=N.CC. The highest BCUT2D eigenvalue weighted by Gasteiger charge is 1.69. The van der Waals surface area contributed by atoms with E-state index in [1.54, 1.807) is 0 Å². The van der Waals surface area contributed by atoms with Gasteiger partial charge in [0.15, 0.2) is 0 Å². The zero-order chi connectivity index (χ0) is 6.99. The van der Waals surface area contributed by atoms with Gasteiger partial charge in [-0.2, -0.15) is 5.11 Å². The maximum Gasteiger partial charge on any atom is 0.0772 e. The molecule has 0 bridgehead atoms. The predicted octanol–water partition coefficient (Wildman–Crippen LogP) is 2.74. The van der Waals surface area contributed by atoms with Gasteiger partial charge in [-0.3, -0.25) is 0 Å². The van der Waals surface area contributed by atoms with Crippen LogP contribution in [0.3, 0.4) is 0 Å². The van der Waals surface area contributed by atoms with Gasteiger partial charge >= 0.3 is 0 Å². The lowest BCUT2D eigenvalue weighted by atomic mass is 10.5. The summed E-state index contributed by atoms with van der Waals surface area (Å²) in [5.74, 6) is 0. The fraction of sp³-hybridized carbons (Fsp3) is 0.333. The Morgan fingerprint density at radius 1 is 1.62 bits per heavy atom. The minimum atomic E-state index is 0.398. The Balaban J connectivity index is 0. The van der Waals surface area contributed by atoms with Crippen LogP contribution in [-0.4, -0.2) is 0 Å². The van der Waals surface area contributed by atoms with Gasteiger partial charge in [-0.1, -0.05) is 27.0 Å². The van der Waals surface area contributed by atoms with E-state index in [0.717, 1.165) is 0 Å². The van der Waals surface area contributed by atoms with Crippen molar-refractivity contribution in [2.45, 2.75) is 13.8 Å². The molecule has 0 aliphatic heterocycles. The first-order valence-corrected chi connectivity index (χ1v) is 2.50. The van der Waals surface area contributed by atoms with Gasteiger partial charge in [0.25, 0.3) is 0 Å². The summed E-state index contributed by atoms with van der Waals surface area (Å²) >= 11 is 0. The second-order valence-electron chi connectivity index (χ2n) is 0.807. The number of rotatable bonds is 2. The van der Waals surface area contributed by atoms with Crippen LogP contribution in [0.5, 0.6) is 0 Å². The van der Waals surface area contributed by atoms with Gasteiger partial charge in [0, 0.05) is 0 Å². The third-order valence-electron chi connectivity index (χ3n) is 0.379. The molecule has 0 saturated carbocycles. The van der Waals surface area contributed by atoms with E-state index in [0.29, 0.717) is 5.70 Å². The highest BCUT2D eigenvalue weighted by atomic mass is 15.0. The molecule has 0 heterocycles. The van der Waals surface area contributed by atoms with E-state index in [-0.39, 0.29) is 0 Å². The van der Waals surface area contributed by atoms with E-state index in [9.17, 15) is 0 Å². The largest absolute Gasteiger partial charge is 0.204 e. The topological polar surface area (TPSA) is 36.2 Å². The molecule has 0 fully saturated rings. The molecule has 0 radical (unpaired) electrons. The lowest BCUT2D eigenvalue weighted by molar-refractivity contribution is 1.10. The Morgan fingerprint density at radius 3 is 2.00 bits per heavy atom. The van der Waals surface area contributed by atoms with Crippen LogP contribution in [-0.2, 0) is 0 Å². The summed E-state index contributed by atoms with van der Waals surface area (Å²) in [4.78, 5) is 0. The molecule has 0 aromatic carbocycles. The van der Waals surface area contributed by atoms with Gasteiger partial charge < -0.3 is 0 Å². The van der Waals surface area contributed by atoms with E-state index >= 15 is 0 Å². The summed E-state index contributed by atoms with van der Waals surface area (Å²) in [5, 5.41) is 2.94. The summed E-state index contributed by atoms with van der Waals surface area (Å²) in [6.45, 7) is 10.6. The van der Waals surface area contributed by atoms with Gasteiger partial charge in [0.05, 0.1) is 5.70 Å². The quantitative estimate of drug-likeness (QED) is 0.421. The Labute approximate surface area is 50.4 Å². The fourth-order valence-electron chi connectivity index (χ4n) is 0.0456. The maximum absolute atomic E-state index is 6.26. The molecule has 0 aromatic rings. The first-order valence-electron chi connectivity index (χ1n) is 2.50. The summed E-state index contributed by atoms with van der Waals surface area (Å²) in [6, 6.07) is 0. The molecule has 0 saturated heterocycles. The van der Waals surface area contributed by atoms with E-state index < -0.39 is 0 Å². The van der Waals surface area contributed by atoms with Gasteiger partial charge in [0.2, 0.25) is 0 Å². The van der Waals surface area contributed by atoms with Gasteiger partial charge in [-0.25, -0.2) is 5.53 Å². The van der Waals surface area contributed by atoms with Crippen LogP contribution in [0.2, 0.25) is 0 Å². The van der Waals surface area contributed by atoms with Crippen molar-refractivity contribution in [3.05, 3.63) is 24.9 Å². The van der Waals surface area contributed by atoms with Crippen molar-refractivity contribution in [3.63, 3.8) is 0 Å². The number of nitrogens with one attached hydrogen (secondary N) is 1. The van der Waals surface area contributed by atoms with E-state index in [2.05, 4.69) is 18.3 Å². The van der Waals surface area contributed by atoms with Crippen LogP contribution in [0.4, 0.5) is 0 Å². The third kappa shape index (κ3) is 8.91. The molecule has 2 nitrogen and oxygen atoms in total. The molecule has 8 heavy (non-hydrogen) atoms. The van der Waals surface area contributed by atoms with Gasteiger partial charge in [0.1, 0.15) is 0 Å². The Morgan fingerprint density at radius 2 is 2.00 bits per heavy atom. The average Bonchev–Trinajstić information content (AvgIpc) is 1.91. The molecule has 2 heteroatoms. The average molecular weight is 112 g/mol. The maximum atomic E-state index is 6.26. The predicted molar refractivity (Wildman–Crippen MR) is 35.8 cm³/mol. The molecule has 46 valence electrons. The van der Waals surface area contributed by atoms with Crippen LogP contribution in [0, 0.1) is 5.53 Å². The summed E-state index contributed by atoms with van der Waals surface area (Å²) in [5.41, 5.74) is 6.66. The lowest BCUT2D eigenvalue weighted by Crippen LogP contribution is -1.55. The molecule has 0 amide bonds. The van der Waals surface area contributed by atoms with Crippen LogP contribution < -0.4 is 0 Å². The number of allylic oxidation sites excluding steroid dienone is 1. The number of hydrogen-bond donors (Lipinski definition) is 1. The van der Waals surface area contributed by atoms with E-state index in [4.69, 9.17) is 5.53 Å². The van der Waals surface area contributed by atoms with Crippen molar-refractivity contribution >= 4 is 0 Å². The first kappa shape index (κ1) is 10.1. The molecule has 0 unspecified atom stereocenters. The van der Waals surface area contributed by atoms with Crippen molar-refractivity contribution < 1.29 is 0 Å². The monoisotopic (exact) mass is 112 g/mol. The summed E-state index contributed by atoms with van der Waals surface area (Å²) < 4.78 is 0. The Kier molecular flexibility index (Phi) is 11.9.